The van der Waals surface area contributed by atoms with Crippen LogP contribution in [0.3, 0.4) is 0 Å². The zero-order valence-electron chi connectivity index (χ0n) is 15.7. The first-order valence-electron chi connectivity index (χ1n) is 8.35. The number of carbonyl (C=O) groups is 1. The number of fused-ring (bicyclic) bond motifs is 1. The third-order valence-electron chi connectivity index (χ3n) is 4.46. The van der Waals surface area contributed by atoms with Crippen LogP contribution in [0.4, 0.5) is 10.3 Å². The normalized spacial score (nSPS) is 11.0. The molecule has 0 aliphatic heterocycles. The highest BCUT2D eigenvalue weighted by atomic mass is 19.1. The Bertz CT molecular complexity index is 1020. The quantitative estimate of drug-likeness (QED) is 0.731. The Kier molecular flexibility index (Phi) is 4.93. The molecule has 0 fully saturated rings. The summed E-state index contributed by atoms with van der Waals surface area (Å²) in [6.45, 7) is 3.94. The lowest BCUT2D eigenvalue weighted by molar-refractivity contribution is -0.129. The number of ether oxygens (including phenoxy) is 1. The molecule has 0 aliphatic carbocycles. The van der Waals surface area contributed by atoms with E-state index in [9.17, 15) is 9.18 Å². The molecule has 3 rings (SSSR count). The molecule has 0 saturated carbocycles. The number of nitrogens with zero attached hydrogens (tertiary/aromatic N) is 5. The number of anilines is 1. The highest BCUT2D eigenvalue weighted by molar-refractivity contribution is 5.79. The first kappa shape index (κ1) is 18.6. The van der Waals surface area contributed by atoms with E-state index in [0.717, 1.165) is 11.3 Å². The van der Waals surface area contributed by atoms with Crippen LogP contribution in [0.5, 0.6) is 5.75 Å². The van der Waals surface area contributed by atoms with Gasteiger partial charge in [0.25, 0.3) is 5.78 Å². The molecule has 0 unspecified atom stereocenters. The molecule has 1 amide bonds. The van der Waals surface area contributed by atoms with Gasteiger partial charge in [0, 0.05) is 30.5 Å². The van der Waals surface area contributed by atoms with E-state index in [4.69, 9.17) is 10.5 Å². The topological polar surface area (TPSA) is 98.6 Å². The third kappa shape index (κ3) is 3.67. The van der Waals surface area contributed by atoms with Crippen molar-refractivity contribution < 1.29 is 13.9 Å². The van der Waals surface area contributed by atoms with Gasteiger partial charge in [-0.05, 0) is 31.5 Å². The lowest BCUT2D eigenvalue weighted by atomic mass is 10.1. The number of aromatic nitrogens is 4. The number of rotatable bonds is 5. The van der Waals surface area contributed by atoms with E-state index >= 15 is 0 Å². The minimum Gasteiger partial charge on any atom is -0.494 e. The summed E-state index contributed by atoms with van der Waals surface area (Å²) >= 11 is 0. The average Bonchev–Trinajstić information content (AvgIpc) is 2.99. The summed E-state index contributed by atoms with van der Waals surface area (Å²) in [5.74, 6) is 0.131. The zero-order valence-corrected chi connectivity index (χ0v) is 15.7. The summed E-state index contributed by atoms with van der Waals surface area (Å²) < 4.78 is 20.3. The zero-order chi connectivity index (χ0) is 19.7. The summed E-state index contributed by atoms with van der Waals surface area (Å²) in [6, 6.07) is 4.64. The van der Waals surface area contributed by atoms with E-state index in [2.05, 4.69) is 15.1 Å². The average molecular weight is 372 g/mol. The second-order valence-corrected chi connectivity index (χ2v) is 6.34. The SMILES string of the molecule is COc1ccc(CN(C)C(=O)Cc2c(C)nc3nc(N)nn3c2C)cc1F. The Morgan fingerprint density at radius 2 is 2.07 bits per heavy atom. The van der Waals surface area contributed by atoms with Crippen molar-refractivity contribution in [2.75, 3.05) is 19.9 Å². The molecule has 0 aliphatic rings. The molecular formula is C18H21FN6O2. The van der Waals surface area contributed by atoms with Crippen molar-refractivity contribution in [3.8, 4) is 5.75 Å². The number of halogens is 1. The van der Waals surface area contributed by atoms with Gasteiger partial charge in [0.05, 0.1) is 13.5 Å². The van der Waals surface area contributed by atoms with E-state index in [1.165, 1.54) is 17.7 Å². The molecule has 27 heavy (non-hydrogen) atoms. The van der Waals surface area contributed by atoms with Crippen LogP contribution in [-0.4, -0.2) is 44.5 Å². The van der Waals surface area contributed by atoms with Crippen LogP contribution in [0.15, 0.2) is 18.2 Å². The first-order valence-corrected chi connectivity index (χ1v) is 8.35. The molecule has 1 aromatic carbocycles. The predicted molar refractivity (Wildman–Crippen MR) is 97.8 cm³/mol. The molecule has 2 aromatic heterocycles. The summed E-state index contributed by atoms with van der Waals surface area (Å²) in [4.78, 5) is 22.6. The Balaban J connectivity index is 1.78. The highest BCUT2D eigenvalue weighted by Gasteiger charge is 2.18. The second kappa shape index (κ2) is 7.18. The number of carbonyl (C=O) groups excluding carboxylic acids is 1. The molecular weight excluding hydrogens is 351 g/mol. The summed E-state index contributed by atoms with van der Waals surface area (Å²) in [5, 5.41) is 4.10. The monoisotopic (exact) mass is 372 g/mol. The number of nitrogens with two attached hydrogens (primary N) is 1. The number of hydrogen-bond acceptors (Lipinski definition) is 6. The maximum atomic E-state index is 13.8. The van der Waals surface area contributed by atoms with Crippen molar-refractivity contribution in [1.29, 1.82) is 0 Å². The Morgan fingerprint density at radius 1 is 1.33 bits per heavy atom. The molecule has 0 atom stereocenters. The number of methoxy groups -OCH3 is 1. The van der Waals surface area contributed by atoms with Gasteiger partial charge in [-0.3, -0.25) is 4.79 Å². The highest BCUT2D eigenvalue weighted by Crippen LogP contribution is 2.19. The lowest BCUT2D eigenvalue weighted by Gasteiger charge is -2.19. The van der Waals surface area contributed by atoms with E-state index in [1.54, 1.807) is 24.1 Å². The number of benzene rings is 1. The van der Waals surface area contributed by atoms with Crippen molar-refractivity contribution >= 4 is 17.6 Å². The first-order chi connectivity index (χ1) is 12.8. The maximum absolute atomic E-state index is 13.8. The van der Waals surface area contributed by atoms with E-state index in [-0.39, 0.29) is 30.6 Å². The minimum atomic E-state index is -0.457. The van der Waals surface area contributed by atoms with E-state index < -0.39 is 5.82 Å². The molecule has 9 heteroatoms. The fraction of sp³-hybridized carbons (Fsp3) is 0.333. The largest absolute Gasteiger partial charge is 0.494 e. The maximum Gasteiger partial charge on any atom is 0.254 e. The lowest BCUT2D eigenvalue weighted by Crippen LogP contribution is -2.28. The van der Waals surface area contributed by atoms with Gasteiger partial charge >= 0.3 is 0 Å². The number of hydrogen-bond donors (Lipinski definition) is 1. The second-order valence-electron chi connectivity index (χ2n) is 6.34. The number of nitrogen functional groups attached to an aromatic ring is 1. The van der Waals surface area contributed by atoms with Crippen LogP contribution in [0.1, 0.15) is 22.5 Å². The third-order valence-corrected chi connectivity index (χ3v) is 4.46. The fourth-order valence-electron chi connectivity index (χ4n) is 2.94. The molecule has 0 bridgehead atoms. The van der Waals surface area contributed by atoms with Crippen LogP contribution >= 0.6 is 0 Å². The van der Waals surface area contributed by atoms with Crippen molar-refractivity contribution in [3.63, 3.8) is 0 Å². The van der Waals surface area contributed by atoms with Crippen LogP contribution < -0.4 is 10.5 Å². The smallest absolute Gasteiger partial charge is 0.254 e. The van der Waals surface area contributed by atoms with Crippen molar-refractivity contribution in [2.45, 2.75) is 26.8 Å². The number of amides is 1. The number of aryl methyl sites for hydroxylation is 2. The van der Waals surface area contributed by atoms with Gasteiger partial charge in [-0.2, -0.15) is 9.50 Å². The Morgan fingerprint density at radius 3 is 2.74 bits per heavy atom. The van der Waals surface area contributed by atoms with Crippen LogP contribution in [-0.2, 0) is 17.8 Å². The Hall–Kier alpha value is -3.23. The van der Waals surface area contributed by atoms with Gasteiger partial charge in [0.2, 0.25) is 11.9 Å². The Labute approximate surface area is 155 Å². The molecule has 142 valence electrons. The molecule has 0 radical (unpaired) electrons. The number of likely N-dealkylation sites (N-methyl/N-ethyl adjacent to an activating group) is 1. The van der Waals surface area contributed by atoms with Crippen LogP contribution in [0, 0.1) is 19.7 Å². The van der Waals surface area contributed by atoms with Crippen molar-refractivity contribution in [2.24, 2.45) is 0 Å². The summed E-state index contributed by atoms with van der Waals surface area (Å²) in [7, 11) is 3.08. The molecule has 2 N–H and O–H groups in total. The van der Waals surface area contributed by atoms with Gasteiger partial charge in [-0.15, -0.1) is 5.10 Å². The molecule has 8 nitrogen and oxygen atoms in total. The molecule has 3 aromatic rings. The van der Waals surface area contributed by atoms with E-state index in [1.807, 2.05) is 13.8 Å². The van der Waals surface area contributed by atoms with Gasteiger partial charge in [-0.1, -0.05) is 6.07 Å². The molecule has 2 heterocycles. The van der Waals surface area contributed by atoms with E-state index in [0.29, 0.717) is 17.0 Å². The fourth-order valence-corrected chi connectivity index (χ4v) is 2.94. The van der Waals surface area contributed by atoms with Gasteiger partial charge in [0.1, 0.15) is 0 Å². The summed E-state index contributed by atoms with van der Waals surface area (Å²) in [5.41, 5.74) is 8.54. The van der Waals surface area contributed by atoms with Crippen molar-refractivity contribution in [1.82, 2.24) is 24.5 Å². The van der Waals surface area contributed by atoms with Crippen molar-refractivity contribution in [3.05, 3.63) is 46.5 Å². The predicted octanol–water partition coefficient (Wildman–Crippen LogP) is 1.67. The van der Waals surface area contributed by atoms with Gasteiger partial charge in [-0.25, -0.2) is 9.37 Å². The standard InChI is InChI=1S/C18H21FN6O2/c1-10-13(11(2)25-18(21-10)22-17(20)23-25)8-16(26)24(3)9-12-5-6-15(27-4)14(19)7-12/h5-7H,8-9H2,1-4H3,(H2,20,23). The van der Waals surface area contributed by atoms with Gasteiger partial charge < -0.3 is 15.4 Å². The van der Waals surface area contributed by atoms with Gasteiger partial charge in [0.15, 0.2) is 11.6 Å². The van der Waals surface area contributed by atoms with Crippen LogP contribution in [0.2, 0.25) is 0 Å². The summed E-state index contributed by atoms with van der Waals surface area (Å²) in [6.07, 6.45) is 0.148. The molecule has 0 saturated heterocycles. The van der Waals surface area contributed by atoms with Crippen LogP contribution in [0.25, 0.3) is 5.78 Å². The minimum absolute atomic E-state index is 0.119. The molecule has 0 spiro atoms.